The largest absolute Gasteiger partial charge is 0.490 e. The highest BCUT2D eigenvalue weighted by Crippen LogP contribution is 2.49. The smallest absolute Gasteiger partial charge is 0.337 e. The predicted molar refractivity (Wildman–Crippen MR) is 182 cm³/mol. The maximum atomic E-state index is 12.6. The van der Waals surface area contributed by atoms with Gasteiger partial charge in [0, 0.05) is 48.3 Å². The highest BCUT2D eigenvalue weighted by atomic mass is 35.5. The van der Waals surface area contributed by atoms with Crippen molar-refractivity contribution in [3.8, 4) is 5.75 Å². The zero-order valence-electron chi connectivity index (χ0n) is 26.8. The molecular formula is C37H44ClN3O4S. The van der Waals surface area contributed by atoms with Crippen molar-refractivity contribution >= 4 is 35.0 Å². The van der Waals surface area contributed by atoms with Crippen LogP contribution < -0.4 is 9.64 Å². The topological polar surface area (TPSA) is 73.8 Å². The number of carbonyl (C=O) groups is 1. The monoisotopic (exact) mass is 661 g/mol. The zero-order chi connectivity index (χ0) is 31.7. The van der Waals surface area contributed by atoms with Crippen LogP contribution in [0.4, 0.5) is 5.69 Å². The number of aromatic nitrogens is 2. The summed E-state index contributed by atoms with van der Waals surface area (Å²) in [6.07, 6.45) is 14.2. The van der Waals surface area contributed by atoms with Crippen molar-refractivity contribution in [3.63, 3.8) is 0 Å². The van der Waals surface area contributed by atoms with Gasteiger partial charge in [0.2, 0.25) is 0 Å². The van der Waals surface area contributed by atoms with Crippen LogP contribution in [0.3, 0.4) is 0 Å². The van der Waals surface area contributed by atoms with E-state index >= 15 is 0 Å². The van der Waals surface area contributed by atoms with Crippen LogP contribution in [0, 0.1) is 17.8 Å². The number of esters is 1. The number of fused-ring (bicyclic) bond motifs is 3. The Hall–Kier alpha value is -2.81. The van der Waals surface area contributed by atoms with Gasteiger partial charge < -0.3 is 19.1 Å². The van der Waals surface area contributed by atoms with Gasteiger partial charge in [-0.05, 0) is 117 Å². The van der Waals surface area contributed by atoms with E-state index in [0.717, 1.165) is 60.4 Å². The highest BCUT2D eigenvalue weighted by molar-refractivity contribution is 7.99. The first kappa shape index (κ1) is 31.8. The van der Waals surface area contributed by atoms with Crippen molar-refractivity contribution < 1.29 is 19.0 Å². The Kier molecular flexibility index (Phi) is 9.49. The molecule has 7 nitrogen and oxygen atoms in total. The van der Waals surface area contributed by atoms with Crippen LogP contribution in [0.1, 0.15) is 72.9 Å². The minimum atomic E-state index is -0.328. The molecule has 7 rings (SSSR count). The Morgan fingerprint density at radius 1 is 1.11 bits per heavy atom. The molecule has 1 unspecified atom stereocenters. The number of carbonyl (C=O) groups excluding carboxylic acids is 1. The summed E-state index contributed by atoms with van der Waals surface area (Å²) in [4.78, 5) is 24.1. The number of ether oxygens (including phenoxy) is 3. The normalized spacial score (nSPS) is 27.8. The average molecular weight is 662 g/mol. The van der Waals surface area contributed by atoms with Gasteiger partial charge in [0.25, 0.3) is 0 Å². The molecule has 6 atom stereocenters. The number of thioether (sulfide) groups is 1. The van der Waals surface area contributed by atoms with E-state index in [1.54, 1.807) is 0 Å². The number of nitrogens with zero attached hydrogens (tertiary/aromatic N) is 3. The zero-order valence-corrected chi connectivity index (χ0v) is 28.4. The molecule has 46 heavy (non-hydrogen) atoms. The van der Waals surface area contributed by atoms with Crippen LogP contribution in [-0.2, 0) is 21.3 Å². The predicted octanol–water partition coefficient (Wildman–Crippen LogP) is 7.78. The van der Waals surface area contributed by atoms with Crippen LogP contribution in [0.15, 0.2) is 60.0 Å². The molecule has 4 aliphatic rings. The van der Waals surface area contributed by atoms with Crippen LogP contribution >= 0.6 is 23.4 Å². The lowest BCUT2D eigenvalue weighted by Gasteiger charge is -2.48. The van der Waals surface area contributed by atoms with E-state index in [4.69, 9.17) is 25.8 Å². The van der Waals surface area contributed by atoms with Gasteiger partial charge in [-0.25, -0.2) is 14.8 Å². The SMILES string of the molecule is COC(=O)c1ccc2c(c1)N(C[C@@H]1CC[C@H]1C(OC)[C@H]1CCC[C@@H](Sc3ncccn3)C1)C[C@@]1(CCCc3cc(Cl)ccc31)CO2. The van der Waals surface area contributed by atoms with Gasteiger partial charge in [0.05, 0.1) is 31.1 Å². The molecule has 0 amide bonds. The first-order valence-corrected chi connectivity index (χ1v) is 18.1. The Morgan fingerprint density at radius 3 is 2.76 bits per heavy atom. The third-order valence-corrected chi connectivity index (χ3v) is 12.4. The second-order valence-corrected chi connectivity index (χ2v) is 15.4. The third-order valence-electron chi connectivity index (χ3n) is 11.0. The van der Waals surface area contributed by atoms with Crippen molar-refractivity contribution in [2.45, 2.75) is 79.7 Å². The number of halogens is 1. The van der Waals surface area contributed by atoms with Gasteiger partial charge in [0.15, 0.2) is 5.16 Å². The van der Waals surface area contributed by atoms with Crippen molar-refractivity contribution in [1.29, 1.82) is 0 Å². The molecule has 3 aromatic rings. The maximum Gasteiger partial charge on any atom is 0.337 e. The highest BCUT2D eigenvalue weighted by Gasteiger charge is 2.46. The Labute approximate surface area is 281 Å². The molecule has 2 fully saturated rings. The lowest BCUT2D eigenvalue weighted by molar-refractivity contribution is -0.0587. The minimum Gasteiger partial charge on any atom is -0.490 e. The number of hydrogen-bond acceptors (Lipinski definition) is 8. The van der Waals surface area contributed by atoms with Gasteiger partial charge >= 0.3 is 5.97 Å². The van der Waals surface area contributed by atoms with Crippen molar-refractivity contribution in [2.24, 2.45) is 17.8 Å². The summed E-state index contributed by atoms with van der Waals surface area (Å²) in [6.45, 7) is 2.34. The number of anilines is 1. The van der Waals surface area contributed by atoms with Crippen molar-refractivity contribution in [2.75, 3.05) is 38.8 Å². The molecular weight excluding hydrogens is 618 g/mol. The van der Waals surface area contributed by atoms with E-state index in [2.05, 4.69) is 27.0 Å². The van der Waals surface area contributed by atoms with E-state index in [9.17, 15) is 4.79 Å². The fourth-order valence-corrected chi connectivity index (χ4v) is 10.1. The second-order valence-electron chi connectivity index (χ2n) is 13.7. The first-order valence-electron chi connectivity index (χ1n) is 16.8. The van der Waals surface area contributed by atoms with Crippen LogP contribution in [0.2, 0.25) is 5.02 Å². The summed E-state index contributed by atoms with van der Waals surface area (Å²) in [5, 5.41) is 2.18. The molecule has 0 N–H and O–H groups in total. The average Bonchev–Trinajstić information content (AvgIpc) is 3.22. The van der Waals surface area contributed by atoms with Crippen LogP contribution in [0.5, 0.6) is 5.75 Å². The Balaban J connectivity index is 1.15. The van der Waals surface area contributed by atoms with Gasteiger partial charge in [-0.3, -0.25) is 0 Å². The Morgan fingerprint density at radius 2 is 1.98 bits per heavy atom. The third kappa shape index (κ3) is 6.37. The summed E-state index contributed by atoms with van der Waals surface area (Å²) in [7, 11) is 3.35. The number of aryl methyl sites for hydroxylation is 1. The molecule has 2 heterocycles. The molecule has 1 aromatic heterocycles. The summed E-state index contributed by atoms with van der Waals surface area (Å²) in [5.41, 5.74) is 4.06. The van der Waals surface area contributed by atoms with Gasteiger partial charge in [0.1, 0.15) is 5.75 Å². The summed E-state index contributed by atoms with van der Waals surface area (Å²) >= 11 is 8.29. The van der Waals surface area contributed by atoms with E-state index < -0.39 is 0 Å². The lowest BCUT2D eigenvalue weighted by Crippen LogP contribution is -2.51. The first-order chi connectivity index (χ1) is 22.5. The number of benzene rings is 2. The molecule has 9 heteroatoms. The molecule has 1 spiro atoms. The fraction of sp³-hybridized carbons (Fsp3) is 0.541. The van der Waals surface area contributed by atoms with Gasteiger partial charge in [-0.2, -0.15) is 0 Å². The van der Waals surface area contributed by atoms with Gasteiger partial charge in [-0.1, -0.05) is 35.9 Å². The van der Waals surface area contributed by atoms with Crippen LogP contribution in [-0.4, -0.2) is 61.2 Å². The molecule has 3 aliphatic carbocycles. The fourth-order valence-electron chi connectivity index (χ4n) is 8.69. The number of hydrogen-bond donors (Lipinski definition) is 0. The minimum absolute atomic E-state index is 0.157. The number of rotatable bonds is 8. The summed E-state index contributed by atoms with van der Waals surface area (Å²) < 4.78 is 18.1. The molecule has 0 saturated heterocycles. The van der Waals surface area contributed by atoms with E-state index in [1.807, 2.05) is 61.6 Å². The maximum absolute atomic E-state index is 12.6. The van der Waals surface area contributed by atoms with E-state index in [-0.39, 0.29) is 17.5 Å². The molecule has 2 aromatic carbocycles. The molecule has 1 aliphatic heterocycles. The summed E-state index contributed by atoms with van der Waals surface area (Å²) in [6, 6.07) is 14.0. The standard InChI is InChI=1S/C37H44ClN3O4S/c1-43-34(25-6-3-8-29(19-25)46-36-39-16-5-17-40-36)30-12-9-27(30)21-41-22-37(15-4-7-24-18-28(38)11-13-31(24)37)23-45-33-14-10-26(20-32(33)41)35(42)44-2/h5,10-11,13-14,16-18,20,25,27,29-30,34H,3-4,6-9,12,15,19,21-23H2,1-2H3/t25-,27-,29+,30+,34?,37-/m0/s1. The molecule has 0 radical (unpaired) electrons. The van der Waals surface area contributed by atoms with E-state index in [1.165, 1.54) is 50.3 Å². The Bertz CT molecular complexity index is 1540. The van der Waals surface area contributed by atoms with E-state index in [0.29, 0.717) is 35.2 Å². The molecule has 0 bridgehead atoms. The molecule has 2 saturated carbocycles. The quantitative estimate of drug-likeness (QED) is 0.179. The molecule has 244 valence electrons. The van der Waals surface area contributed by atoms with Crippen molar-refractivity contribution in [3.05, 3.63) is 76.6 Å². The number of methoxy groups -OCH3 is 2. The second kappa shape index (κ2) is 13.7. The van der Waals surface area contributed by atoms with Gasteiger partial charge in [-0.15, -0.1) is 0 Å². The lowest BCUT2D eigenvalue weighted by atomic mass is 9.65. The van der Waals surface area contributed by atoms with Crippen LogP contribution in [0.25, 0.3) is 0 Å². The summed E-state index contributed by atoms with van der Waals surface area (Å²) in [5.74, 6) is 2.02. The van der Waals surface area contributed by atoms with Crippen molar-refractivity contribution in [1.82, 2.24) is 9.97 Å².